The summed E-state index contributed by atoms with van der Waals surface area (Å²) in [6.07, 6.45) is 1.31. The lowest BCUT2D eigenvalue weighted by atomic mass is 9.88. The molecule has 5 nitrogen and oxygen atoms in total. The van der Waals surface area contributed by atoms with E-state index in [1.807, 2.05) is 43.5 Å². The lowest BCUT2D eigenvalue weighted by Gasteiger charge is -2.25. The van der Waals surface area contributed by atoms with Gasteiger partial charge in [-0.25, -0.2) is 14.2 Å². The van der Waals surface area contributed by atoms with Gasteiger partial charge in [0.1, 0.15) is 12.1 Å². The highest BCUT2D eigenvalue weighted by molar-refractivity contribution is 7.86. The van der Waals surface area contributed by atoms with Crippen molar-refractivity contribution in [3.05, 3.63) is 90.4 Å². The van der Waals surface area contributed by atoms with E-state index in [-0.39, 0.29) is 0 Å². The van der Waals surface area contributed by atoms with Gasteiger partial charge >= 0.3 is 6.18 Å². The monoisotopic (exact) mass is 508 g/mol. The van der Waals surface area contributed by atoms with Crippen molar-refractivity contribution in [2.45, 2.75) is 17.5 Å². The predicted molar refractivity (Wildman–Crippen MR) is 137 cm³/mol. The Bertz CT molecular complexity index is 1470. The van der Waals surface area contributed by atoms with E-state index in [9.17, 15) is 17.4 Å². The zero-order valence-electron chi connectivity index (χ0n) is 19.4. The maximum Gasteiger partial charge on any atom is 0.416 e. The molecule has 0 saturated carbocycles. The average molecular weight is 509 g/mol. The molecule has 1 atom stereocenters. The third kappa shape index (κ3) is 5.03. The number of hydrogen-bond donors (Lipinski definition) is 1. The van der Waals surface area contributed by atoms with Crippen LogP contribution in [0.5, 0.6) is 0 Å². The van der Waals surface area contributed by atoms with E-state index < -0.39 is 22.7 Å². The Labute approximate surface area is 209 Å². The van der Waals surface area contributed by atoms with Crippen molar-refractivity contribution < 1.29 is 17.4 Å². The van der Waals surface area contributed by atoms with E-state index in [2.05, 4.69) is 19.6 Å². The van der Waals surface area contributed by atoms with Gasteiger partial charge in [-0.15, -0.1) is 0 Å². The molecule has 0 spiro atoms. The number of aromatic nitrogens is 2. The number of benzene rings is 3. The average Bonchev–Trinajstić information content (AvgIpc) is 2.87. The number of likely N-dealkylation sites (N-methyl/N-ethyl adjacent to an activating group) is 1. The van der Waals surface area contributed by atoms with Gasteiger partial charge in [0.2, 0.25) is 0 Å². The van der Waals surface area contributed by atoms with E-state index >= 15 is 0 Å². The quantitative estimate of drug-likeness (QED) is 0.350. The minimum Gasteiger partial charge on any atom is -0.302 e. The fraction of sp³-hybridized carbons (Fsp3) is 0.185. The van der Waals surface area contributed by atoms with Crippen LogP contribution in [0, 0.1) is 0 Å². The Hall–Kier alpha value is -3.56. The maximum absolute atomic E-state index is 13.6. The summed E-state index contributed by atoms with van der Waals surface area (Å²) in [6.45, 7) is 1.45. The number of anilines is 1. The molecule has 3 aromatic carbocycles. The van der Waals surface area contributed by atoms with Crippen molar-refractivity contribution in [3.8, 4) is 11.1 Å². The number of nitrogens with one attached hydrogen (secondary N) is 1. The maximum atomic E-state index is 13.6. The SMILES string of the molecule is CN1CCC=C(c2cc(C(F)(F)F)ccc2-c2cccc3cc(S(=O)Nc4ccncn4)ccc23)C1. The molecule has 0 fully saturated rings. The minimum absolute atomic E-state index is 0.442. The van der Waals surface area contributed by atoms with Crippen LogP contribution in [0.4, 0.5) is 19.0 Å². The van der Waals surface area contributed by atoms with E-state index in [1.54, 1.807) is 24.4 Å². The van der Waals surface area contributed by atoms with E-state index in [1.165, 1.54) is 12.4 Å². The van der Waals surface area contributed by atoms with Crippen molar-refractivity contribution in [2.24, 2.45) is 0 Å². The molecule has 0 amide bonds. The Balaban J connectivity index is 1.58. The smallest absolute Gasteiger partial charge is 0.302 e. The van der Waals surface area contributed by atoms with E-state index in [0.29, 0.717) is 22.8 Å². The molecule has 184 valence electrons. The van der Waals surface area contributed by atoms with E-state index in [4.69, 9.17) is 0 Å². The number of rotatable bonds is 5. The topological polar surface area (TPSA) is 58.1 Å². The molecule has 1 unspecified atom stereocenters. The molecule has 2 heterocycles. The van der Waals surface area contributed by atoms with Crippen LogP contribution >= 0.6 is 0 Å². The highest BCUT2D eigenvalue weighted by Crippen LogP contribution is 2.39. The lowest BCUT2D eigenvalue weighted by molar-refractivity contribution is -0.137. The zero-order chi connectivity index (χ0) is 25.3. The summed E-state index contributed by atoms with van der Waals surface area (Å²) < 4.78 is 56.5. The van der Waals surface area contributed by atoms with Gasteiger partial charge in [-0.3, -0.25) is 4.72 Å². The highest BCUT2D eigenvalue weighted by Gasteiger charge is 2.31. The van der Waals surface area contributed by atoms with Crippen LogP contribution in [0.25, 0.3) is 27.5 Å². The van der Waals surface area contributed by atoms with Crippen molar-refractivity contribution in [3.63, 3.8) is 0 Å². The van der Waals surface area contributed by atoms with Crippen LogP contribution in [-0.2, 0) is 17.2 Å². The Morgan fingerprint density at radius 1 is 1.00 bits per heavy atom. The third-order valence-electron chi connectivity index (χ3n) is 6.17. The van der Waals surface area contributed by atoms with Crippen LogP contribution < -0.4 is 4.72 Å². The number of alkyl halides is 3. The first kappa shape index (κ1) is 24.1. The fourth-order valence-corrected chi connectivity index (χ4v) is 5.28. The molecule has 5 rings (SSSR count). The van der Waals surface area contributed by atoms with Crippen LogP contribution in [-0.4, -0.2) is 39.2 Å². The van der Waals surface area contributed by atoms with Crippen molar-refractivity contribution in [1.29, 1.82) is 0 Å². The largest absolute Gasteiger partial charge is 0.416 e. The first-order valence-corrected chi connectivity index (χ1v) is 12.5. The van der Waals surface area contributed by atoms with Gasteiger partial charge in [0.05, 0.1) is 10.5 Å². The van der Waals surface area contributed by atoms with Crippen LogP contribution in [0.2, 0.25) is 0 Å². The first-order valence-electron chi connectivity index (χ1n) is 11.4. The molecule has 4 aromatic rings. The van der Waals surface area contributed by atoms with Crippen LogP contribution in [0.1, 0.15) is 17.5 Å². The molecule has 0 aliphatic carbocycles. The molecule has 9 heteroatoms. The van der Waals surface area contributed by atoms with Gasteiger partial charge in [0.25, 0.3) is 0 Å². The van der Waals surface area contributed by atoms with Gasteiger partial charge in [0.15, 0.2) is 11.0 Å². The van der Waals surface area contributed by atoms with Gasteiger partial charge < -0.3 is 4.90 Å². The van der Waals surface area contributed by atoms with Crippen molar-refractivity contribution >= 4 is 33.1 Å². The summed E-state index contributed by atoms with van der Waals surface area (Å²) in [5.41, 5.74) is 2.37. The summed E-state index contributed by atoms with van der Waals surface area (Å²) in [4.78, 5) is 10.6. The lowest BCUT2D eigenvalue weighted by Crippen LogP contribution is -2.25. The van der Waals surface area contributed by atoms with E-state index in [0.717, 1.165) is 46.5 Å². The van der Waals surface area contributed by atoms with Crippen molar-refractivity contribution in [2.75, 3.05) is 24.9 Å². The molecule has 1 aromatic heterocycles. The minimum atomic E-state index is -4.43. The van der Waals surface area contributed by atoms with Crippen molar-refractivity contribution in [1.82, 2.24) is 14.9 Å². The molecule has 0 bridgehead atoms. The molecule has 1 N–H and O–H groups in total. The molecular formula is C27H23F3N4OS. The summed E-state index contributed by atoms with van der Waals surface area (Å²) in [7, 11) is 0.421. The summed E-state index contributed by atoms with van der Waals surface area (Å²) >= 11 is 0. The second kappa shape index (κ2) is 9.83. The first-order chi connectivity index (χ1) is 17.3. The zero-order valence-corrected chi connectivity index (χ0v) is 20.2. The number of fused-ring (bicyclic) bond motifs is 1. The summed E-state index contributed by atoms with van der Waals surface area (Å²) in [6, 6.07) is 16.7. The molecule has 1 aliphatic rings. The highest BCUT2D eigenvalue weighted by atomic mass is 32.2. The Kier molecular flexibility index (Phi) is 6.59. The Morgan fingerprint density at radius 3 is 2.61 bits per heavy atom. The number of halogens is 3. The molecule has 36 heavy (non-hydrogen) atoms. The summed E-state index contributed by atoms with van der Waals surface area (Å²) in [5, 5.41) is 1.70. The standard InChI is InChI=1S/C27H23F3N4OS/c1-34-13-3-5-19(16-34)25-15-20(27(28,29)30)7-9-24(25)23-6-2-4-18-14-21(8-10-22(18)23)36(35)33-26-11-12-31-17-32-26/h2,4-12,14-15,17H,3,13,16H2,1H3,(H,31,32,33). The van der Waals surface area contributed by atoms with Gasteiger partial charge in [0, 0.05) is 19.3 Å². The van der Waals surface area contributed by atoms with Crippen LogP contribution in [0.15, 0.2) is 84.2 Å². The van der Waals surface area contributed by atoms with Gasteiger partial charge in [-0.1, -0.05) is 36.4 Å². The molecule has 0 radical (unpaired) electrons. The van der Waals surface area contributed by atoms with Gasteiger partial charge in [-0.2, -0.15) is 13.2 Å². The third-order valence-corrected chi connectivity index (χ3v) is 7.25. The molecule has 1 aliphatic heterocycles. The summed E-state index contributed by atoms with van der Waals surface area (Å²) in [5.74, 6) is 0.442. The normalized spacial score (nSPS) is 15.5. The number of hydrogen-bond acceptors (Lipinski definition) is 4. The van der Waals surface area contributed by atoms with Gasteiger partial charge in [-0.05, 0) is 76.8 Å². The second-order valence-corrected chi connectivity index (χ2v) is 9.88. The Morgan fingerprint density at radius 2 is 1.86 bits per heavy atom. The molecular weight excluding hydrogens is 485 g/mol. The predicted octanol–water partition coefficient (Wildman–Crippen LogP) is 6.17. The van der Waals surface area contributed by atoms with Crippen LogP contribution in [0.3, 0.4) is 0 Å². The molecule has 0 saturated heterocycles. The number of nitrogens with zero attached hydrogens (tertiary/aromatic N) is 3. The second-order valence-electron chi connectivity index (χ2n) is 8.67. The fourth-order valence-electron chi connectivity index (χ4n) is 4.43.